The Morgan fingerprint density at radius 3 is 2.75 bits per heavy atom. The molecular formula is C13H17F2N. The average molecular weight is 225 g/mol. The monoisotopic (exact) mass is 225 g/mol. The van der Waals surface area contributed by atoms with E-state index in [1.54, 1.807) is 6.07 Å². The van der Waals surface area contributed by atoms with Crippen LogP contribution >= 0.6 is 0 Å². The van der Waals surface area contributed by atoms with Gasteiger partial charge in [0.15, 0.2) is 11.6 Å². The summed E-state index contributed by atoms with van der Waals surface area (Å²) in [7, 11) is 0. The van der Waals surface area contributed by atoms with E-state index in [9.17, 15) is 8.78 Å². The number of hydrogen-bond acceptors (Lipinski definition) is 1. The predicted molar refractivity (Wildman–Crippen MR) is 60.0 cm³/mol. The van der Waals surface area contributed by atoms with Crippen LogP contribution < -0.4 is 5.73 Å². The molecule has 1 atom stereocenters. The van der Waals surface area contributed by atoms with Crippen molar-refractivity contribution in [2.45, 2.75) is 38.1 Å². The highest BCUT2D eigenvalue weighted by Crippen LogP contribution is 2.33. The summed E-state index contributed by atoms with van der Waals surface area (Å²) in [6.07, 6.45) is 5.07. The summed E-state index contributed by atoms with van der Waals surface area (Å²) in [6, 6.07) is 4.21. The number of rotatable bonds is 5. The molecule has 3 heteroatoms. The van der Waals surface area contributed by atoms with Crippen LogP contribution in [0.25, 0.3) is 0 Å². The second-order valence-corrected chi connectivity index (χ2v) is 4.70. The van der Waals surface area contributed by atoms with E-state index in [0.29, 0.717) is 12.0 Å². The summed E-state index contributed by atoms with van der Waals surface area (Å²) in [6.45, 7) is 0. The van der Waals surface area contributed by atoms with Gasteiger partial charge in [0.05, 0.1) is 0 Å². The molecule has 16 heavy (non-hydrogen) atoms. The topological polar surface area (TPSA) is 26.0 Å². The van der Waals surface area contributed by atoms with Gasteiger partial charge in [-0.05, 0) is 36.8 Å². The van der Waals surface area contributed by atoms with Crippen LogP contribution in [0.1, 0.15) is 31.2 Å². The second-order valence-electron chi connectivity index (χ2n) is 4.70. The van der Waals surface area contributed by atoms with Crippen LogP contribution in [0, 0.1) is 17.6 Å². The van der Waals surface area contributed by atoms with E-state index in [-0.39, 0.29) is 6.04 Å². The zero-order valence-corrected chi connectivity index (χ0v) is 9.26. The fourth-order valence-electron chi connectivity index (χ4n) is 1.95. The summed E-state index contributed by atoms with van der Waals surface area (Å²) in [5.74, 6) is -0.695. The minimum atomic E-state index is -0.785. The minimum Gasteiger partial charge on any atom is -0.327 e. The molecule has 0 saturated heterocycles. The number of benzene rings is 1. The van der Waals surface area contributed by atoms with Crippen LogP contribution in [0.2, 0.25) is 0 Å². The van der Waals surface area contributed by atoms with Crippen LogP contribution in [-0.4, -0.2) is 6.04 Å². The van der Waals surface area contributed by atoms with E-state index >= 15 is 0 Å². The first-order valence-electron chi connectivity index (χ1n) is 5.85. The first kappa shape index (κ1) is 11.5. The van der Waals surface area contributed by atoms with E-state index in [1.165, 1.54) is 18.9 Å². The smallest absolute Gasteiger partial charge is 0.162 e. The SMILES string of the molecule is NC(CCC1CC1)Cc1cccc(F)c1F. The van der Waals surface area contributed by atoms with E-state index < -0.39 is 11.6 Å². The van der Waals surface area contributed by atoms with E-state index in [2.05, 4.69) is 0 Å². The molecule has 0 amide bonds. The van der Waals surface area contributed by atoms with Gasteiger partial charge in [0.25, 0.3) is 0 Å². The van der Waals surface area contributed by atoms with Crippen molar-refractivity contribution >= 4 is 0 Å². The number of halogens is 2. The maximum absolute atomic E-state index is 13.3. The standard InChI is InChI=1S/C13H17F2N/c14-12-3-1-2-10(13(12)15)8-11(16)7-6-9-4-5-9/h1-3,9,11H,4-8,16H2. The van der Waals surface area contributed by atoms with Crippen molar-refractivity contribution < 1.29 is 8.78 Å². The lowest BCUT2D eigenvalue weighted by molar-refractivity contribution is 0.485. The van der Waals surface area contributed by atoms with Gasteiger partial charge in [0.2, 0.25) is 0 Å². The molecule has 88 valence electrons. The van der Waals surface area contributed by atoms with Gasteiger partial charge < -0.3 is 5.73 Å². The predicted octanol–water partition coefficient (Wildman–Crippen LogP) is 3.02. The molecule has 1 aromatic rings. The number of nitrogens with two attached hydrogens (primary N) is 1. The molecule has 0 aliphatic heterocycles. The van der Waals surface area contributed by atoms with Crippen molar-refractivity contribution in [1.82, 2.24) is 0 Å². The highest BCUT2D eigenvalue weighted by atomic mass is 19.2. The second kappa shape index (κ2) is 4.91. The lowest BCUT2D eigenvalue weighted by Crippen LogP contribution is -2.23. The van der Waals surface area contributed by atoms with E-state index in [0.717, 1.165) is 24.8 Å². The Balaban J connectivity index is 1.88. The van der Waals surface area contributed by atoms with Crippen LogP contribution in [-0.2, 0) is 6.42 Å². The zero-order valence-electron chi connectivity index (χ0n) is 9.26. The molecule has 0 radical (unpaired) electrons. The summed E-state index contributed by atoms with van der Waals surface area (Å²) in [5, 5.41) is 0. The third kappa shape index (κ3) is 3.01. The fourth-order valence-corrected chi connectivity index (χ4v) is 1.95. The van der Waals surface area contributed by atoms with Gasteiger partial charge in [0.1, 0.15) is 0 Å². The summed E-state index contributed by atoms with van der Waals surface area (Å²) in [4.78, 5) is 0. The highest BCUT2D eigenvalue weighted by Gasteiger charge is 2.22. The first-order valence-corrected chi connectivity index (χ1v) is 5.85. The van der Waals surface area contributed by atoms with Crippen molar-refractivity contribution in [3.63, 3.8) is 0 Å². The van der Waals surface area contributed by atoms with Crippen LogP contribution in [0.5, 0.6) is 0 Å². The highest BCUT2D eigenvalue weighted by molar-refractivity contribution is 5.19. The zero-order chi connectivity index (χ0) is 11.5. The fraction of sp³-hybridized carbons (Fsp3) is 0.538. The Kier molecular flexibility index (Phi) is 3.54. The summed E-state index contributed by atoms with van der Waals surface area (Å²) >= 11 is 0. The lowest BCUT2D eigenvalue weighted by Gasteiger charge is -2.12. The first-order chi connectivity index (χ1) is 7.66. The Morgan fingerprint density at radius 2 is 2.06 bits per heavy atom. The largest absolute Gasteiger partial charge is 0.327 e. The van der Waals surface area contributed by atoms with Crippen molar-refractivity contribution in [3.8, 4) is 0 Å². The van der Waals surface area contributed by atoms with Crippen molar-refractivity contribution in [2.75, 3.05) is 0 Å². The molecule has 0 aromatic heterocycles. The summed E-state index contributed by atoms with van der Waals surface area (Å²) < 4.78 is 26.3. The Morgan fingerprint density at radius 1 is 1.31 bits per heavy atom. The lowest BCUT2D eigenvalue weighted by atomic mass is 10.0. The third-order valence-corrected chi connectivity index (χ3v) is 3.16. The summed E-state index contributed by atoms with van der Waals surface area (Å²) in [5.41, 5.74) is 6.30. The Bertz CT molecular complexity index is 361. The van der Waals surface area contributed by atoms with E-state index in [4.69, 9.17) is 5.73 Å². The van der Waals surface area contributed by atoms with Gasteiger partial charge in [-0.3, -0.25) is 0 Å². The Labute approximate surface area is 94.7 Å². The number of hydrogen-bond donors (Lipinski definition) is 1. The molecule has 0 heterocycles. The molecule has 1 unspecified atom stereocenters. The van der Waals surface area contributed by atoms with Crippen molar-refractivity contribution in [3.05, 3.63) is 35.4 Å². The van der Waals surface area contributed by atoms with Gasteiger partial charge in [-0.15, -0.1) is 0 Å². The van der Waals surface area contributed by atoms with Crippen molar-refractivity contribution in [2.24, 2.45) is 11.7 Å². The maximum atomic E-state index is 13.3. The van der Waals surface area contributed by atoms with Gasteiger partial charge in [0, 0.05) is 6.04 Å². The molecule has 1 fully saturated rings. The van der Waals surface area contributed by atoms with Crippen LogP contribution in [0.15, 0.2) is 18.2 Å². The molecule has 2 N–H and O–H groups in total. The van der Waals surface area contributed by atoms with Gasteiger partial charge in [-0.2, -0.15) is 0 Å². The minimum absolute atomic E-state index is 0.0584. The molecule has 0 bridgehead atoms. The maximum Gasteiger partial charge on any atom is 0.162 e. The van der Waals surface area contributed by atoms with Crippen molar-refractivity contribution in [1.29, 1.82) is 0 Å². The quantitative estimate of drug-likeness (QED) is 0.819. The Hall–Kier alpha value is -0.960. The molecule has 2 rings (SSSR count). The molecule has 1 aliphatic carbocycles. The van der Waals surface area contributed by atoms with E-state index in [1.807, 2.05) is 0 Å². The molecule has 1 nitrogen and oxygen atoms in total. The van der Waals surface area contributed by atoms with Gasteiger partial charge in [-0.1, -0.05) is 25.0 Å². The van der Waals surface area contributed by atoms with Crippen LogP contribution in [0.4, 0.5) is 8.78 Å². The molecule has 1 aliphatic rings. The van der Waals surface area contributed by atoms with Gasteiger partial charge >= 0.3 is 0 Å². The normalized spacial score (nSPS) is 17.4. The molecule has 1 saturated carbocycles. The molecule has 0 spiro atoms. The van der Waals surface area contributed by atoms with Gasteiger partial charge in [-0.25, -0.2) is 8.78 Å². The molecular weight excluding hydrogens is 208 g/mol. The van der Waals surface area contributed by atoms with Crippen LogP contribution in [0.3, 0.4) is 0 Å². The molecule has 1 aromatic carbocycles. The third-order valence-electron chi connectivity index (χ3n) is 3.16. The average Bonchev–Trinajstić information content (AvgIpc) is 3.06.